The number of fused-ring (bicyclic) bond motifs is 3. The van der Waals surface area contributed by atoms with Crippen molar-refractivity contribution in [1.82, 2.24) is 0 Å². The van der Waals surface area contributed by atoms with Crippen LogP contribution in [0.25, 0.3) is 11.1 Å². The average molecular weight is 358 g/mol. The molecule has 0 heterocycles. The molecule has 0 aliphatic heterocycles. The third kappa shape index (κ3) is 2.83. The van der Waals surface area contributed by atoms with E-state index >= 15 is 0 Å². The fourth-order valence-corrected chi connectivity index (χ4v) is 3.64. The van der Waals surface area contributed by atoms with Crippen LogP contribution in [0.1, 0.15) is 37.8 Å². The van der Waals surface area contributed by atoms with Crippen molar-refractivity contribution in [1.29, 1.82) is 0 Å². The molecule has 27 heavy (non-hydrogen) atoms. The van der Waals surface area contributed by atoms with Gasteiger partial charge in [0, 0.05) is 17.2 Å². The van der Waals surface area contributed by atoms with E-state index in [1.165, 1.54) is 18.2 Å². The molecule has 0 bridgehead atoms. The van der Waals surface area contributed by atoms with Gasteiger partial charge in [-0.25, -0.2) is 4.79 Å². The number of hydrogen-bond acceptors (Lipinski definition) is 5. The quantitative estimate of drug-likeness (QED) is 0.572. The minimum absolute atomic E-state index is 0.0499. The zero-order chi connectivity index (χ0) is 19.0. The van der Waals surface area contributed by atoms with E-state index in [0.29, 0.717) is 0 Å². The smallest absolute Gasteiger partial charge is 0.340 e. The maximum absolute atomic E-state index is 12.6. The molecule has 0 spiro atoms. The molecule has 0 saturated carbocycles. The predicted octanol–water partition coefficient (Wildman–Crippen LogP) is 2.60. The van der Waals surface area contributed by atoms with Gasteiger partial charge in [0.25, 0.3) is 0 Å². The summed E-state index contributed by atoms with van der Waals surface area (Å²) in [6.45, 7) is 0.0910. The van der Waals surface area contributed by atoms with Gasteiger partial charge in [0.2, 0.25) is 0 Å². The molecular formula is C22H16NO4-. The van der Waals surface area contributed by atoms with Crippen LogP contribution in [0.3, 0.4) is 0 Å². The summed E-state index contributed by atoms with van der Waals surface area (Å²) in [6, 6.07) is 20.1. The van der Waals surface area contributed by atoms with Crippen molar-refractivity contribution >= 4 is 17.6 Å². The van der Waals surface area contributed by atoms with Crippen molar-refractivity contribution in [2.45, 2.75) is 5.92 Å². The molecule has 2 N–H and O–H groups in total. The Morgan fingerprint density at radius 3 is 2.07 bits per heavy atom. The van der Waals surface area contributed by atoms with E-state index < -0.39 is 11.9 Å². The van der Waals surface area contributed by atoms with E-state index in [9.17, 15) is 14.7 Å². The number of rotatable bonds is 4. The summed E-state index contributed by atoms with van der Waals surface area (Å²) in [5.41, 5.74) is 9.80. The first kappa shape index (κ1) is 16.8. The second-order valence-corrected chi connectivity index (χ2v) is 6.38. The normalized spacial score (nSPS) is 12.3. The first-order valence-corrected chi connectivity index (χ1v) is 8.53. The van der Waals surface area contributed by atoms with Gasteiger partial charge >= 0.3 is 5.97 Å². The van der Waals surface area contributed by atoms with Crippen molar-refractivity contribution in [3.8, 4) is 11.1 Å². The number of benzene rings is 3. The van der Waals surface area contributed by atoms with Gasteiger partial charge in [0.1, 0.15) is 6.61 Å². The lowest BCUT2D eigenvalue weighted by molar-refractivity contribution is -0.255. The van der Waals surface area contributed by atoms with Crippen LogP contribution >= 0.6 is 0 Å². The Balaban J connectivity index is 1.64. The van der Waals surface area contributed by atoms with E-state index in [1.54, 1.807) is 0 Å². The number of nitrogens with two attached hydrogens (primary N) is 1. The van der Waals surface area contributed by atoms with E-state index in [1.807, 2.05) is 48.5 Å². The van der Waals surface area contributed by atoms with Crippen molar-refractivity contribution in [3.63, 3.8) is 0 Å². The lowest BCUT2D eigenvalue weighted by atomic mass is 9.98. The molecule has 5 nitrogen and oxygen atoms in total. The Morgan fingerprint density at radius 1 is 0.889 bits per heavy atom. The zero-order valence-electron chi connectivity index (χ0n) is 14.3. The number of nitrogen functional groups attached to an aromatic ring is 1. The molecule has 3 aromatic carbocycles. The summed E-state index contributed by atoms with van der Waals surface area (Å²) in [5, 5.41) is 11.3. The monoisotopic (exact) mass is 358 g/mol. The van der Waals surface area contributed by atoms with Gasteiger partial charge in [0.15, 0.2) is 0 Å². The summed E-state index contributed by atoms with van der Waals surface area (Å²) < 4.78 is 5.49. The van der Waals surface area contributed by atoms with Crippen molar-refractivity contribution in [2.75, 3.05) is 12.3 Å². The number of hydrogen-bond donors (Lipinski definition) is 1. The third-order valence-corrected chi connectivity index (χ3v) is 4.86. The predicted molar refractivity (Wildman–Crippen MR) is 99.2 cm³/mol. The number of carboxylic acid groups (broad SMARTS) is 1. The highest BCUT2D eigenvalue weighted by Crippen LogP contribution is 2.44. The van der Waals surface area contributed by atoms with Crippen LogP contribution in [0, 0.1) is 0 Å². The van der Waals surface area contributed by atoms with Crippen LogP contribution in [0.5, 0.6) is 0 Å². The number of carboxylic acids is 1. The lowest BCUT2D eigenvalue weighted by Crippen LogP contribution is -2.26. The zero-order valence-corrected chi connectivity index (χ0v) is 14.3. The molecule has 4 rings (SSSR count). The third-order valence-electron chi connectivity index (χ3n) is 4.86. The van der Waals surface area contributed by atoms with Crippen LogP contribution in [0.4, 0.5) is 5.69 Å². The molecule has 0 atom stereocenters. The molecule has 0 saturated heterocycles. The standard InChI is InChI=1S/C22H17NO4/c23-19-11-5-10-17(21(24)25)20(19)22(26)27-12-18-15-8-3-1-6-13(15)14-7-2-4-9-16(14)18/h1-11,18H,12,23H2,(H,24,25)/p-1. The number of carbonyl (C=O) groups excluding carboxylic acids is 2. The number of esters is 1. The van der Waals surface area contributed by atoms with Gasteiger partial charge in [-0.15, -0.1) is 0 Å². The van der Waals surface area contributed by atoms with Gasteiger partial charge in [-0.1, -0.05) is 60.7 Å². The first-order chi connectivity index (χ1) is 13.1. The van der Waals surface area contributed by atoms with Gasteiger partial charge in [0.05, 0.1) is 11.5 Å². The Hall–Kier alpha value is -3.60. The largest absolute Gasteiger partial charge is 0.545 e. The number of anilines is 1. The van der Waals surface area contributed by atoms with Gasteiger partial charge in [-0.2, -0.15) is 0 Å². The second-order valence-electron chi connectivity index (χ2n) is 6.38. The topological polar surface area (TPSA) is 92.5 Å². The summed E-state index contributed by atoms with van der Waals surface area (Å²) >= 11 is 0. The fraction of sp³-hybridized carbons (Fsp3) is 0.0909. The molecule has 0 fully saturated rings. The van der Waals surface area contributed by atoms with E-state index in [-0.39, 0.29) is 29.3 Å². The molecule has 1 aliphatic carbocycles. The Kier molecular flexibility index (Phi) is 4.12. The van der Waals surface area contributed by atoms with Crippen molar-refractivity contribution < 1.29 is 19.4 Å². The Labute approximate surface area is 156 Å². The summed E-state index contributed by atoms with van der Waals surface area (Å²) in [4.78, 5) is 23.9. The SMILES string of the molecule is Nc1cccc(C(=O)[O-])c1C(=O)OCC1c2ccccc2-c2ccccc21. The molecule has 3 aromatic rings. The van der Waals surface area contributed by atoms with Crippen LogP contribution in [-0.4, -0.2) is 18.5 Å². The second kappa shape index (κ2) is 6.61. The molecular weight excluding hydrogens is 342 g/mol. The van der Waals surface area contributed by atoms with E-state index in [2.05, 4.69) is 0 Å². The van der Waals surface area contributed by atoms with Gasteiger partial charge < -0.3 is 20.4 Å². The van der Waals surface area contributed by atoms with E-state index in [0.717, 1.165) is 22.3 Å². The molecule has 0 aromatic heterocycles. The molecule has 1 aliphatic rings. The molecule has 0 radical (unpaired) electrons. The molecule has 5 heteroatoms. The van der Waals surface area contributed by atoms with Crippen molar-refractivity contribution in [3.05, 3.63) is 89.0 Å². The number of ether oxygens (including phenoxy) is 1. The van der Waals surface area contributed by atoms with Crippen LogP contribution in [-0.2, 0) is 4.74 Å². The number of carbonyl (C=O) groups is 2. The van der Waals surface area contributed by atoms with Crippen LogP contribution < -0.4 is 10.8 Å². The average Bonchev–Trinajstić information content (AvgIpc) is 3.00. The van der Waals surface area contributed by atoms with Crippen LogP contribution in [0.2, 0.25) is 0 Å². The Morgan fingerprint density at radius 2 is 1.48 bits per heavy atom. The highest BCUT2D eigenvalue weighted by Gasteiger charge is 2.29. The minimum atomic E-state index is -1.47. The lowest BCUT2D eigenvalue weighted by Gasteiger charge is -2.16. The molecule has 0 amide bonds. The summed E-state index contributed by atoms with van der Waals surface area (Å²) in [7, 11) is 0. The van der Waals surface area contributed by atoms with E-state index in [4.69, 9.17) is 10.5 Å². The molecule has 0 unspecified atom stereocenters. The maximum Gasteiger partial charge on any atom is 0.340 e. The van der Waals surface area contributed by atoms with Crippen LogP contribution in [0.15, 0.2) is 66.7 Å². The first-order valence-electron chi connectivity index (χ1n) is 8.53. The number of aromatic carboxylic acids is 1. The molecule has 134 valence electrons. The van der Waals surface area contributed by atoms with Crippen molar-refractivity contribution in [2.24, 2.45) is 0 Å². The summed E-state index contributed by atoms with van der Waals surface area (Å²) in [5.74, 6) is -2.35. The summed E-state index contributed by atoms with van der Waals surface area (Å²) in [6.07, 6.45) is 0. The van der Waals surface area contributed by atoms with Gasteiger partial charge in [-0.05, 0) is 28.3 Å². The highest BCUT2D eigenvalue weighted by atomic mass is 16.5. The van der Waals surface area contributed by atoms with Gasteiger partial charge in [-0.3, -0.25) is 0 Å². The highest BCUT2D eigenvalue weighted by molar-refractivity contribution is 6.05. The maximum atomic E-state index is 12.6. The fourth-order valence-electron chi connectivity index (χ4n) is 3.64. The minimum Gasteiger partial charge on any atom is -0.545 e. The Bertz CT molecular complexity index is 1010.